The van der Waals surface area contributed by atoms with Crippen molar-refractivity contribution >= 4 is 11.9 Å². The van der Waals surface area contributed by atoms with Gasteiger partial charge in [-0.1, -0.05) is 23.9 Å². The molecule has 0 aliphatic carbocycles. The van der Waals surface area contributed by atoms with E-state index in [1.807, 2.05) is 18.2 Å². The Labute approximate surface area is 158 Å². The average molecular weight is 369 g/mol. The van der Waals surface area contributed by atoms with Gasteiger partial charge in [-0.15, -0.1) is 0 Å². The monoisotopic (exact) mass is 369 g/mol. The van der Waals surface area contributed by atoms with E-state index in [0.717, 1.165) is 24.4 Å². The molecule has 2 aromatic carbocycles. The molecule has 0 unspecified atom stereocenters. The maximum atomic E-state index is 12.0. The Kier molecular flexibility index (Phi) is 6.03. The number of nitrogens with one attached hydrogen (secondary N) is 1. The SMILES string of the molecule is COc1ccccc1[C@H](CN=Cc1cc([N+](=O)[O-])ccc1[O-])[NH+]1CCCC1. The van der Waals surface area contributed by atoms with E-state index >= 15 is 0 Å². The van der Waals surface area contributed by atoms with Gasteiger partial charge in [0.15, 0.2) is 0 Å². The van der Waals surface area contributed by atoms with Gasteiger partial charge in [0.2, 0.25) is 0 Å². The topological polar surface area (TPSA) is 92.2 Å². The molecule has 1 aliphatic rings. The number of likely N-dealkylation sites (tertiary alicyclic amines) is 1. The second kappa shape index (κ2) is 8.64. The van der Waals surface area contributed by atoms with Crippen LogP contribution in [0.2, 0.25) is 0 Å². The molecule has 0 radical (unpaired) electrons. The van der Waals surface area contributed by atoms with Crippen molar-refractivity contribution in [3.05, 3.63) is 63.7 Å². The third kappa shape index (κ3) is 4.43. The van der Waals surface area contributed by atoms with Gasteiger partial charge in [0.1, 0.15) is 11.8 Å². The molecule has 0 spiro atoms. The van der Waals surface area contributed by atoms with E-state index in [4.69, 9.17) is 4.74 Å². The molecule has 0 saturated carbocycles. The molecular formula is C20H23N3O4. The zero-order valence-corrected chi connectivity index (χ0v) is 15.3. The second-order valence-electron chi connectivity index (χ2n) is 6.63. The van der Waals surface area contributed by atoms with E-state index in [1.165, 1.54) is 42.2 Å². The van der Waals surface area contributed by atoms with Crippen molar-refractivity contribution < 1.29 is 19.7 Å². The lowest BCUT2D eigenvalue weighted by atomic mass is 10.0. The number of hydrogen-bond acceptors (Lipinski definition) is 5. The summed E-state index contributed by atoms with van der Waals surface area (Å²) < 4.78 is 5.52. The number of nitro benzene ring substituents is 1. The van der Waals surface area contributed by atoms with Crippen LogP contribution in [0.3, 0.4) is 0 Å². The van der Waals surface area contributed by atoms with Crippen LogP contribution in [0, 0.1) is 10.1 Å². The number of methoxy groups -OCH3 is 1. The summed E-state index contributed by atoms with van der Waals surface area (Å²) in [6.45, 7) is 2.63. The maximum absolute atomic E-state index is 12.0. The quantitative estimate of drug-likeness (QED) is 0.455. The number of rotatable bonds is 7. The van der Waals surface area contributed by atoms with Crippen molar-refractivity contribution in [3.63, 3.8) is 0 Å². The molecule has 1 aliphatic heterocycles. The van der Waals surface area contributed by atoms with E-state index < -0.39 is 4.92 Å². The van der Waals surface area contributed by atoms with E-state index in [0.29, 0.717) is 6.54 Å². The van der Waals surface area contributed by atoms with Gasteiger partial charge in [0, 0.05) is 31.2 Å². The molecule has 1 atom stereocenters. The highest BCUT2D eigenvalue weighted by Gasteiger charge is 2.29. The lowest BCUT2D eigenvalue weighted by Gasteiger charge is -2.25. The van der Waals surface area contributed by atoms with Gasteiger partial charge in [-0.05, 0) is 17.7 Å². The van der Waals surface area contributed by atoms with E-state index in [2.05, 4.69) is 11.1 Å². The number of quaternary nitrogens is 1. The molecule has 7 heteroatoms. The highest BCUT2D eigenvalue weighted by Crippen LogP contribution is 2.24. The lowest BCUT2D eigenvalue weighted by Crippen LogP contribution is -3.10. The molecule has 2 aromatic rings. The number of ether oxygens (including phenoxy) is 1. The van der Waals surface area contributed by atoms with Crippen LogP contribution in [0.25, 0.3) is 0 Å². The van der Waals surface area contributed by atoms with Crippen LogP contribution in [0.4, 0.5) is 5.69 Å². The van der Waals surface area contributed by atoms with E-state index in [9.17, 15) is 15.2 Å². The third-order valence-electron chi connectivity index (χ3n) is 4.98. The van der Waals surface area contributed by atoms with Crippen LogP contribution >= 0.6 is 0 Å². The number of nitro groups is 1. The lowest BCUT2D eigenvalue weighted by molar-refractivity contribution is -0.918. The van der Waals surface area contributed by atoms with Gasteiger partial charge in [0.25, 0.3) is 5.69 Å². The Hall–Kier alpha value is -2.93. The first-order valence-electron chi connectivity index (χ1n) is 9.03. The molecule has 0 amide bonds. The molecule has 7 nitrogen and oxygen atoms in total. The molecule has 3 rings (SSSR count). The van der Waals surface area contributed by atoms with Crippen molar-refractivity contribution in [3.8, 4) is 11.5 Å². The summed E-state index contributed by atoms with van der Waals surface area (Å²) in [6.07, 6.45) is 3.81. The Morgan fingerprint density at radius 1 is 1.26 bits per heavy atom. The number of benzene rings is 2. The van der Waals surface area contributed by atoms with E-state index in [-0.39, 0.29) is 23.0 Å². The van der Waals surface area contributed by atoms with Crippen molar-refractivity contribution in [2.45, 2.75) is 18.9 Å². The van der Waals surface area contributed by atoms with Gasteiger partial charge in [-0.3, -0.25) is 15.1 Å². The summed E-state index contributed by atoms with van der Waals surface area (Å²) in [5.41, 5.74) is 1.22. The molecule has 0 aromatic heterocycles. The number of nitrogens with zero attached hydrogens (tertiary/aromatic N) is 2. The van der Waals surface area contributed by atoms with Crippen LogP contribution in [0.15, 0.2) is 47.5 Å². The van der Waals surface area contributed by atoms with Crippen LogP contribution < -0.4 is 14.7 Å². The minimum absolute atomic E-state index is 0.109. The number of non-ortho nitro benzene ring substituents is 1. The Morgan fingerprint density at radius 2 is 2.00 bits per heavy atom. The fraction of sp³-hybridized carbons (Fsp3) is 0.350. The molecule has 27 heavy (non-hydrogen) atoms. The van der Waals surface area contributed by atoms with Crippen LogP contribution in [0.5, 0.6) is 11.5 Å². The first kappa shape index (κ1) is 18.8. The minimum atomic E-state index is -0.511. The summed E-state index contributed by atoms with van der Waals surface area (Å²) in [6, 6.07) is 11.7. The summed E-state index contributed by atoms with van der Waals surface area (Å²) in [5, 5.41) is 22.9. The van der Waals surface area contributed by atoms with Crippen molar-refractivity contribution in [2.24, 2.45) is 4.99 Å². The summed E-state index contributed by atoms with van der Waals surface area (Å²) in [7, 11) is 1.66. The smallest absolute Gasteiger partial charge is 0.270 e. The third-order valence-corrected chi connectivity index (χ3v) is 4.98. The predicted octanol–water partition coefficient (Wildman–Crippen LogP) is 1.52. The Bertz CT molecular complexity index is 832. The van der Waals surface area contributed by atoms with Crippen molar-refractivity contribution in [1.29, 1.82) is 0 Å². The van der Waals surface area contributed by atoms with Gasteiger partial charge < -0.3 is 14.7 Å². The van der Waals surface area contributed by atoms with Gasteiger partial charge in [0.05, 0.1) is 37.2 Å². The molecular weight excluding hydrogens is 346 g/mol. The van der Waals surface area contributed by atoms with Gasteiger partial charge in [-0.2, -0.15) is 0 Å². The normalized spacial score (nSPS) is 15.9. The first-order chi connectivity index (χ1) is 13.1. The molecule has 1 saturated heterocycles. The second-order valence-corrected chi connectivity index (χ2v) is 6.63. The van der Waals surface area contributed by atoms with Crippen LogP contribution in [-0.4, -0.2) is 37.9 Å². The largest absolute Gasteiger partial charge is 0.872 e. The molecule has 142 valence electrons. The first-order valence-corrected chi connectivity index (χ1v) is 9.03. The number of para-hydroxylation sites is 1. The molecule has 0 bridgehead atoms. The van der Waals surface area contributed by atoms with Gasteiger partial charge in [-0.25, -0.2) is 0 Å². The minimum Gasteiger partial charge on any atom is -0.872 e. The maximum Gasteiger partial charge on any atom is 0.270 e. The summed E-state index contributed by atoms with van der Waals surface area (Å²) in [5.74, 6) is 0.559. The standard InChI is InChI=1S/C20H23N3O4/c1-27-20-7-3-2-6-17(20)18(22-10-4-5-11-22)14-21-13-15-12-16(23(25)26)8-9-19(15)24/h2-3,6-9,12-13,18,24H,4-5,10-11,14H2,1H3/t18-/m0/s1. The fourth-order valence-corrected chi connectivity index (χ4v) is 3.59. The number of aliphatic imine (C=N–C) groups is 1. The predicted molar refractivity (Wildman–Crippen MR) is 101 cm³/mol. The van der Waals surface area contributed by atoms with Crippen molar-refractivity contribution in [2.75, 3.05) is 26.7 Å². The highest BCUT2D eigenvalue weighted by molar-refractivity contribution is 5.84. The zero-order chi connectivity index (χ0) is 19.2. The Balaban J connectivity index is 1.84. The highest BCUT2D eigenvalue weighted by atomic mass is 16.6. The average Bonchev–Trinajstić information content (AvgIpc) is 3.21. The molecule has 1 N–H and O–H groups in total. The van der Waals surface area contributed by atoms with Crippen LogP contribution in [0.1, 0.15) is 30.0 Å². The fourth-order valence-electron chi connectivity index (χ4n) is 3.59. The van der Waals surface area contributed by atoms with Crippen LogP contribution in [-0.2, 0) is 0 Å². The molecule has 1 heterocycles. The van der Waals surface area contributed by atoms with Crippen molar-refractivity contribution in [1.82, 2.24) is 0 Å². The number of hydrogen-bond donors (Lipinski definition) is 1. The summed E-state index contributed by atoms with van der Waals surface area (Å²) in [4.78, 5) is 16.3. The Morgan fingerprint density at radius 3 is 2.70 bits per heavy atom. The zero-order valence-electron chi connectivity index (χ0n) is 15.3. The van der Waals surface area contributed by atoms with Gasteiger partial charge >= 0.3 is 0 Å². The summed E-state index contributed by atoms with van der Waals surface area (Å²) >= 11 is 0. The molecule has 1 fully saturated rings. The van der Waals surface area contributed by atoms with E-state index in [1.54, 1.807) is 7.11 Å².